The van der Waals surface area contributed by atoms with Crippen molar-refractivity contribution in [2.45, 2.75) is 18.4 Å². The van der Waals surface area contributed by atoms with Crippen LogP contribution in [0.15, 0.2) is 18.2 Å². The number of hydrogen-bond acceptors (Lipinski definition) is 3. The fourth-order valence-electron chi connectivity index (χ4n) is 2.40. The van der Waals surface area contributed by atoms with Crippen LogP contribution in [0.4, 0.5) is 4.39 Å². The molecule has 0 aromatic heterocycles. The van der Waals surface area contributed by atoms with Crippen LogP contribution in [-0.2, 0) is 0 Å². The van der Waals surface area contributed by atoms with Crippen LogP contribution in [-0.4, -0.2) is 41.5 Å². The molecule has 1 aromatic rings. The molecule has 4 nitrogen and oxygen atoms in total. The molecule has 2 rings (SSSR count). The molecule has 0 spiro atoms. The number of nitrogens with two attached hydrogens (primary N) is 1. The Kier molecular flexibility index (Phi) is 4.81. The number of hydrogen-bond donors (Lipinski definition) is 2. The summed E-state index contributed by atoms with van der Waals surface area (Å²) in [7, 11) is 1.99. The van der Waals surface area contributed by atoms with Crippen molar-refractivity contribution in [1.82, 2.24) is 10.2 Å². The summed E-state index contributed by atoms with van der Waals surface area (Å²) in [6.45, 7) is 1.54. The molecular weight excluding hydrogens is 313 g/mol. The van der Waals surface area contributed by atoms with Crippen LogP contribution in [0.25, 0.3) is 0 Å². The highest BCUT2D eigenvalue weighted by atomic mass is 35.5. The molecule has 0 unspecified atom stereocenters. The average Bonchev–Trinajstić information content (AvgIpc) is 2.44. The molecule has 1 aromatic carbocycles. The smallest absolute Gasteiger partial charge is 0.253 e. The van der Waals surface area contributed by atoms with Crippen LogP contribution < -0.4 is 11.1 Å². The first-order chi connectivity index (χ1) is 9.85. The largest absolute Gasteiger partial charge is 0.391 e. The monoisotopic (exact) mass is 329 g/mol. The summed E-state index contributed by atoms with van der Waals surface area (Å²) in [5.41, 5.74) is 5.18. The molecule has 0 radical (unpaired) electrons. The maximum atomic E-state index is 13.5. The van der Waals surface area contributed by atoms with Crippen LogP contribution in [0.2, 0.25) is 5.02 Å². The Bertz CT molecular complexity index is 573. The maximum absolute atomic E-state index is 13.5. The van der Waals surface area contributed by atoms with Crippen LogP contribution >= 0.6 is 23.8 Å². The van der Waals surface area contributed by atoms with Gasteiger partial charge in [-0.3, -0.25) is 4.79 Å². The Balaban J connectivity index is 2.23. The number of benzene rings is 1. The second-order valence-corrected chi connectivity index (χ2v) is 6.12. The van der Waals surface area contributed by atoms with Gasteiger partial charge in [0, 0.05) is 13.1 Å². The minimum Gasteiger partial charge on any atom is -0.391 e. The molecule has 0 aliphatic carbocycles. The van der Waals surface area contributed by atoms with Crippen molar-refractivity contribution in [3.63, 3.8) is 0 Å². The highest BCUT2D eigenvalue weighted by molar-refractivity contribution is 7.80. The summed E-state index contributed by atoms with van der Waals surface area (Å²) in [6.07, 6.45) is 1.25. The minimum absolute atomic E-state index is 0.0891. The highest BCUT2D eigenvalue weighted by Crippen LogP contribution is 2.25. The molecule has 1 aliphatic rings. The molecule has 0 atom stereocenters. The zero-order valence-corrected chi connectivity index (χ0v) is 13.2. The number of halogens is 2. The van der Waals surface area contributed by atoms with Crippen LogP contribution in [0.5, 0.6) is 0 Å². The van der Waals surface area contributed by atoms with Crippen molar-refractivity contribution in [3.8, 4) is 0 Å². The van der Waals surface area contributed by atoms with Gasteiger partial charge >= 0.3 is 0 Å². The van der Waals surface area contributed by atoms with Crippen molar-refractivity contribution in [3.05, 3.63) is 34.6 Å². The number of amides is 1. The summed E-state index contributed by atoms with van der Waals surface area (Å²) < 4.78 is 13.5. The summed E-state index contributed by atoms with van der Waals surface area (Å²) in [5.74, 6) is -1.09. The molecule has 3 N–H and O–H groups in total. The van der Waals surface area contributed by atoms with Gasteiger partial charge in [-0.05, 0) is 32.0 Å². The first-order valence-electron chi connectivity index (χ1n) is 6.61. The lowest BCUT2D eigenvalue weighted by molar-refractivity contribution is 0.0890. The van der Waals surface area contributed by atoms with Gasteiger partial charge < -0.3 is 16.0 Å². The normalized spacial score (nSPS) is 18.2. The Morgan fingerprint density at radius 2 is 2.10 bits per heavy atom. The van der Waals surface area contributed by atoms with E-state index in [4.69, 9.17) is 29.6 Å². The highest BCUT2D eigenvalue weighted by Gasteiger charge is 2.38. The average molecular weight is 330 g/mol. The van der Waals surface area contributed by atoms with Gasteiger partial charge in [0.15, 0.2) is 0 Å². The molecule has 7 heteroatoms. The first-order valence-corrected chi connectivity index (χ1v) is 7.39. The number of thiocarbonyl (C=S) groups is 1. The lowest BCUT2D eigenvalue weighted by Crippen LogP contribution is -2.61. The fourth-order valence-corrected chi connectivity index (χ4v) is 2.86. The summed E-state index contributed by atoms with van der Waals surface area (Å²) in [6, 6.07) is 4.12. The second-order valence-electron chi connectivity index (χ2n) is 5.31. The van der Waals surface area contributed by atoms with Gasteiger partial charge in [-0.1, -0.05) is 29.9 Å². The Morgan fingerprint density at radius 3 is 2.67 bits per heavy atom. The first kappa shape index (κ1) is 16.1. The third kappa shape index (κ3) is 3.33. The summed E-state index contributed by atoms with van der Waals surface area (Å²) in [4.78, 5) is 14.8. The number of rotatable bonds is 3. The SMILES string of the molecule is CN1CCC(NC(=O)c2cccc(F)c2Cl)(C(N)=S)CC1. The number of likely N-dealkylation sites (tertiary alicyclic amines) is 1. The lowest BCUT2D eigenvalue weighted by atomic mass is 9.87. The van der Waals surface area contributed by atoms with Gasteiger partial charge in [0.25, 0.3) is 5.91 Å². The van der Waals surface area contributed by atoms with E-state index in [0.717, 1.165) is 13.1 Å². The van der Waals surface area contributed by atoms with Gasteiger partial charge in [-0.25, -0.2) is 4.39 Å². The molecule has 1 heterocycles. The molecule has 1 saturated heterocycles. The standard InChI is InChI=1S/C14H17ClFN3OS/c1-19-7-5-14(6-8-19,13(17)21)18-12(20)9-3-2-4-10(16)11(9)15/h2-4H,5-8H2,1H3,(H2,17,21)(H,18,20). The third-order valence-corrected chi connectivity index (χ3v) is 4.64. The summed E-state index contributed by atoms with van der Waals surface area (Å²) in [5, 5.41) is 2.66. The van der Waals surface area contributed by atoms with Crippen molar-refractivity contribution in [1.29, 1.82) is 0 Å². The second kappa shape index (κ2) is 6.25. The van der Waals surface area contributed by atoms with E-state index in [9.17, 15) is 9.18 Å². The molecule has 0 saturated carbocycles. The quantitative estimate of drug-likeness (QED) is 0.832. The van der Waals surface area contributed by atoms with Crippen LogP contribution in [0, 0.1) is 5.82 Å². The van der Waals surface area contributed by atoms with E-state index in [1.807, 2.05) is 7.05 Å². The van der Waals surface area contributed by atoms with Gasteiger partial charge in [-0.2, -0.15) is 0 Å². The number of carbonyl (C=O) groups excluding carboxylic acids is 1. The Labute approximate surface area is 133 Å². The Morgan fingerprint density at radius 1 is 1.48 bits per heavy atom. The van der Waals surface area contributed by atoms with Crippen molar-refractivity contribution < 1.29 is 9.18 Å². The molecule has 1 aliphatic heterocycles. The van der Waals surface area contributed by atoms with Gasteiger partial charge in [0.2, 0.25) is 0 Å². The van der Waals surface area contributed by atoms with Crippen molar-refractivity contribution in [2.24, 2.45) is 5.73 Å². The summed E-state index contributed by atoms with van der Waals surface area (Å²) >= 11 is 11.0. The van der Waals surface area contributed by atoms with E-state index in [1.54, 1.807) is 0 Å². The topological polar surface area (TPSA) is 58.4 Å². The number of carbonyl (C=O) groups is 1. The van der Waals surface area contributed by atoms with Crippen LogP contribution in [0.3, 0.4) is 0 Å². The van der Waals surface area contributed by atoms with Gasteiger partial charge in [0.1, 0.15) is 5.82 Å². The van der Waals surface area contributed by atoms with Crippen molar-refractivity contribution >= 4 is 34.7 Å². The predicted molar refractivity (Wildman–Crippen MR) is 85.1 cm³/mol. The number of nitrogens with zero attached hydrogens (tertiary/aromatic N) is 1. The fraction of sp³-hybridized carbons (Fsp3) is 0.429. The van der Waals surface area contributed by atoms with Gasteiger partial charge in [-0.15, -0.1) is 0 Å². The van der Waals surface area contributed by atoms with E-state index < -0.39 is 17.3 Å². The van der Waals surface area contributed by atoms with E-state index in [1.165, 1.54) is 18.2 Å². The lowest BCUT2D eigenvalue weighted by Gasteiger charge is -2.40. The third-order valence-electron chi connectivity index (χ3n) is 3.86. The molecule has 0 bridgehead atoms. The molecule has 1 fully saturated rings. The van der Waals surface area contributed by atoms with E-state index in [2.05, 4.69) is 10.2 Å². The van der Waals surface area contributed by atoms with E-state index in [0.29, 0.717) is 12.8 Å². The zero-order chi connectivity index (χ0) is 15.6. The minimum atomic E-state index is -0.741. The maximum Gasteiger partial charge on any atom is 0.253 e. The zero-order valence-electron chi connectivity index (χ0n) is 11.7. The van der Waals surface area contributed by atoms with Crippen LogP contribution in [0.1, 0.15) is 23.2 Å². The number of piperidine rings is 1. The van der Waals surface area contributed by atoms with Crippen molar-refractivity contribution in [2.75, 3.05) is 20.1 Å². The van der Waals surface area contributed by atoms with E-state index in [-0.39, 0.29) is 15.6 Å². The molecule has 21 heavy (non-hydrogen) atoms. The molecular formula is C14H17ClFN3OS. The predicted octanol–water partition coefficient (Wildman–Crippen LogP) is 1.96. The Hall–Kier alpha value is -1.24. The molecule has 114 valence electrons. The van der Waals surface area contributed by atoms with Gasteiger partial charge in [0.05, 0.1) is 21.1 Å². The number of nitrogens with one attached hydrogen (secondary N) is 1. The molecule has 1 amide bonds. The van der Waals surface area contributed by atoms with E-state index >= 15 is 0 Å².